The van der Waals surface area contributed by atoms with E-state index in [-0.39, 0.29) is 6.17 Å². The number of nitrogens with one attached hydrogen (secondary N) is 1. The van der Waals surface area contributed by atoms with Crippen LogP contribution < -0.4 is 11.1 Å². The van der Waals surface area contributed by atoms with E-state index in [9.17, 15) is 0 Å². The maximum absolute atomic E-state index is 9.17. The van der Waals surface area contributed by atoms with Gasteiger partial charge in [-0.25, -0.2) is 0 Å². The van der Waals surface area contributed by atoms with Gasteiger partial charge in [-0.3, -0.25) is 4.90 Å². The van der Waals surface area contributed by atoms with Crippen molar-refractivity contribution in [3.05, 3.63) is 37.1 Å². The fourth-order valence-corrected chi connectivity index (χ4v) is 2.15. The molecule has 0 radical (unpaired) electrons. The second-order valence-electron chi connectivity index (χ2n) is 3.75. The summed E-state index contributed by atoms with van der Waals surface area (Å²) in [6.07, 6.45) is 4.95. The lowest BCUT2D eigenvalue weighted by molar-refractivity contribution is 0.196. The van der Waals surface area contributed by atoms with Crippen molar-refractivity contribution in [3.63, 3.8) is 0 Å². The van der Waals surface area contributed by atoms with Gasteiger partial charge in [0.15, 0.2) is 0 Å². The number of hydrogen-bond donors (Lipinski definition) is 2. The third-order valence-corrected chi connectivity index (χ3v) is 3.09. The molecule has 0 saturated heterocycles. The van der Waals surface area contributed by atoms with Gasteiger partial charge in [0.25, 0.3) is 0 Å². The molecule has 4 nitrogen and oxygen atoms in total. The second-order valence-corrected chi connectivity index (χ2v) is 4.19. The van der Waals surface area contributed by atoms with Gasteiger partial charge in [0, 0.05) is 18.8 Å². The average molecular weight is 253 g/mol. The van der Waals surface area contributed by atoms with E-state index in [1.165, 1.54) is 0 Å². The minimum Gasteiger partial charge on any atom is -0.384 e. The summed E-state index contributed by atoms with van der Waals surface area (Å²) in [5.41, 5.74) is 6.29. The second kappa shape index (κ2) is 6.45. The number of nitrogens with two attached hydrogens (primary N) is 1. The van der Waals surface area contributed by atoms with Gasteiger partial charge in [0.05, 0.1) is 12.2 Å². The number of halogens is 1. The molecule has 92 valence electrons. The summed E-state index contributed by atoms with van der Waals surface area (Å²) in [6.45, 7) is 8.41. The molecule has 0 aliphatic carbocycles. The smallest absolute Gasteiger partial charge is 0.115 e. The Labute approximate surface area is 107 Å². The van der Waals surface area contributed by atoms with Gasteiger partial charge in [-0.05, 0) is 6.08 Å². The molecular formula is C12H17ClN4. The number of nitrogens with zero attached hydrogens (tertiary/aromatic N) is 2. The van der Waals surface area contributed by atoms with Crippen molar-refractivity contribution in [2.75, 3.05) is 13.1 Å². The Bertz CT molecular complexity index is 358. The minimum absolute atomic E-state index is 0.313. The standard InChI is InChI=1S/C12H17ClN4/c1-3-5-16-10-7-11(15)17(6-4-2)12(13)9(10)8-14/h3-4,7,9,11-12,16H,1-2,5-6,15H2. The van der Waals surface area contributed by atoms with Crippen LogP contribution in [0.4, 0.5) is 0 Å². The van der Waals surface area contributed by atoms with Crippen LogP contribution in [0.15, 0.2) is 37.1 Å². The zero-order valence-corrected chi connectivity index (χ0v) is 10.4. The maximum atomic E-state index is 9.17. The number of alkyl halides is 1. The molecule has 1 heterocycles. The van der Waals surface area contributed by atoms with Gasteiger partial charge in [0.1, 0.15) is 11.4 Å². The third-order valence-electron chi connectivity index (χ3n) is 2.59. The molecule has 0 aromatic carbocycles. The van der Waals surface area contributed by atoms with Gasteiger partial charge in [0.2, 0.25) is 0 Å². The lowest BCUT2D eigenvalue weighted by atomic mass is 10.00. The van der Waals surface area contributed by atoms with Gasteiger partial charge < -0.3 is 11.1 Å². The molecule has 1 aliphatic rings. The van der Waals surface area contributed by atoms with Crippen LogP contribution in [0.25, 0.3) is 0 Å². The quantitative estimate of drug-likeness (QED) is 0.438. The van der Waals surface area contributed by atoms with Crippen LogP contribution in [0.2, 0.25) is 0 Å². The van der Waals surface area contributed by atoms with E-state index in [1.54, 1.807) is 12.2 Å². The Morgan fingerprint density at radius 1 is 1.59 bits per heavy atom. The van der Waals surface area contributed by atoms with Crippen molar-refractivity contribution in [3.8, 4) is 6.07 Å². The van der Waals surface area contributed by atoms with Crippen molar-refractivity contribution in [1.29, 1.82) is 5.26 Å². The van der Waals surface area contributed by atoms with E-state index in [1.807, 2.05) is 11.0 Å². The first-order chi connectivity index (χ1) is 8.15. The van der Waals surface area contributed by atoms with Crippen LogP contribution in [0.3, 0.4) is 0 Å². The zero-order chi connectivity index (χ0) is 12.8. The third kappa shape index (κ3) is 3.10. The first-order valence-corrected chi connectivity index (χ1v) is 5.81. The maximum Gasteiger partial charge on any atom is 0.115 e. The first-order valence-electron chi connectivity index (χ1n) is 5.38. The molecule has 3 unspecified atom stereocenters. The summed E-state index contributed by atoms with van der Waals surface area (Å²) < 4.78 is 0. The Balaban J connectivity index is 2.91. The molecule has 1 rings (SSSR count). The van der Waals surface area contributed by atoms with Crippen LogP contribution in [0, 0.1) is 17.2 Å². The molecule has 0 aromatic rings. The molecule has 0 spiro atoms. The van der Waals surface area contributed by atoms with Gasteiger partial charge >= 0.3 is 0 Å². The molecule has 5 heteroatoms. The Morgan fingerprint density at radius 2 is 2.29 bits per heavy atom. The molecule has 0 bridgehead atoms. The normalized spacial score (nSPS) is 29.0. The lowest BCUT2D eigenvalue weighted by Crippen LogP contribution is -2.52. The summed E-state index contributed by atoms with van der Waals surface area (Å²) in [6, 6.07) is 2.19. The van der Waals surface area contributed by atoms with Crippen molar-refractivity contribution < 1.29 is 0 Å². The predicted molar refractivity (Wildman–Crippen MR) is 69.9 cm³/mol. The summed E-state index contributed by atoms with van der Waals surface area (Å²) in [5, 5.41) is 12.3. The highest BCUT2D eigenvalue weighted by Gasteiger charge is 2.35. The molecule has 1 aliphatic heterocycles. The van der Waals surface area contributed by atoms with Gasteiger partial charge in [-0.1, -0.05) is 12.2 Å². The highest BCUT2D eigenvalue weighted by atomic mass is 35.5. The van der Waals surface area contributed by atoms with E-state index in [0.717, 1.165) is 5.70 Å². The molecule has 0 fully saturated rings. The van der Waals surface area contributed by atoms with Crippen molar-refractivity contribution in [1.82, 2.24) is 10.2 Å². The van der Waals surface area contributed by atoms with Crippen LogP contribution in [-0.4, -0.2) is 29.7 Å². The highest BCUT2D eigenvalue weighted by Crippen LogP contribution is 2.27. The highest BCUT2D eigenvalue weighted by molar-refractivity contribution is 6.21. The Kier molecular flexibility index (Phi) is 5.23. The molecule has 0 aromatic heterocycles. The summed E-state index contributed by atoms with van der Waals surface area (Å²) in [5.74, 6) is -0.420. The van der Waals surface area contributed by atoms with Gasteiger partial charge in [-0.15, -0.1) is 24.8 Å². The largest absolute Gasteiger partial charge is 0.384 e. The van der Waals surface area contributed by atoms with Crippen LogP contribution in [-0.2, 0) is 0 Å². The zero-order valence-electron chi connectivity index (χ0n) is 9.64. The number of rotatable bonds is 5. The lowest BCUT2D eigenvalue weighted by Gasteiger charge is -2.38. The van der Waals surface area contributed by atoms with Gasteiger partial charge in [-0.2, -0.15) is 5.26 Å². The minimum atomic E-state index is -0.453. The predicted octanol–water partition coefficient (Wildman–Crippen LogP) is 1.14. The summed E-state index contributed by atoms with van der Waals surface area (Å²) in [7, 11) is 0. The van der Waals surface area contributed by atoms with E-state index in [0.29, 0.717) is 13.1 Å². The Hall–Kier alpha value is -1.28. The number of nitriles is 1. The van der Waals surface area contributed by atoms with E-state index in [2.05, 4.69) is 24.5 Å². The monoisotopic (exact) mass is 252 g/mol. The molecular weight excluding hydrogens is 236 g/mol. The first kappa shape index (κ1) is 13.8. The topological polar surface area (TPSA) is 65.1 Å². The fourth-order valence-electron chi connectivity index (χ4n) is 1.75. The van der Waals surface area contributed by atoms with E-state index in [4.69, 9.17) is 22.6 Å². The van der Waals surface area contributed by atoms with Crippen LogP contribution in [0.1, 0.15) is 0 Å². The van der Waals surface area contributed by atoms with Crippen LogP contribution >= 0.6 is 11.6 Å². The van der Waals surface area contributed by atoms with Crippen molar-refractivity contribution >= 4 is 11.6 Å². The summed E-state index contributed by atoms with van der Waals surface area (Å²) >= 11 is 6.27. The molecule has 3 atom stereocenters. The average Bonchev–Trinajstić information content (AvgIpc) is 2.31. The molecule has 0 saturated carbocycles. The fraction of sp³-hybridized carbons (Fsp3) is 0.417. The summed E-state index contributed by atoms with van der Waals surface area (Å²) in [4.78, 5) is 1.82. The van der Waals surface area contributed by atoms with Crippen molar-refractivity contribution in [2.24, 2.45) is 11.7 Å². The Morgan fingerprint density at radius 3 is 2.82 bits per heavy atom. The van der Waals surface area contributed by atoms with Crippen molar-refractivity contribution in [2.45, 2.75) is 11.7 Å². The van der Waals surface area contributed by atoms with E-state index < -0.39 is 11.4 Å². The number of hydrogen-bond acceptors (Lipinski definition) is 4. The van der Waals surface area contributed by atoms with E-state index >= 15 is 0 Å². The molecule has 0 amide bonds. The molecule has 3 N–H and O–H groups in total. The SMILES string of the molecule is C=CCNC1=CC(N)N(CC=C)C(Cl)C1C#N. The molecule has 17 heavy (non-hydrogen) atoms. The van der Waals surface area contributed by atoms with Crippen LogP contribution in [0.5, 0.6) is 0 Å².